The summed E-state index contributed by atoms with van der Waals surface area (Å²) in [5, 5.41) is 19.4. The van der Waals surface area contributed by atoms with Gasteiger partial charge >= 0.3 is 29.0 Å². The van der Waals surface area contributed by atoms with E-state index in [9.17, 15) is 34.2 Å². The molecule has 1 heterocycles. The number of ether oxygens (including phenoxy) is 2. The van der Waals surface area contributed by atoms with Gasteiger partial charge in [0.2, 0.25) is 0 Å². The van der Waals surface area contributed by atoms with Gasteiger partial charge in [0.25, 0.3) is 0 Å². The molecular formula is C22H37N3O9S2. The Hall–Kier alpha value is -2.29. The number of hydrogen-bond acceptors (Lipinski definition) is 11. The van der Waals surface area contributed by atoms with E-state index in [0.29, 0.717) is 37.2 Å². The summed E-state index contributed by atoms with van der Waals surface area (Å²) in [6, 6.07) is 0. The first-order valence-corrected chi connectivity index (χ1v) is 13.9. The minimum atomic E-state index is -0.871. The van der Waals surface area contributed by atoms with Crippen LogP contribution in [-0.2, 0) is 38.7 Å². The first kappa shape index (κ1) is 33.7. The van der Waals surface area contributed by atoms with E-state index < -0.39 is 29.3 Å². The van der Waals surface area contributed by atoms with Crippen molar-refractivity contribution in [3.63, 3.8) is 0 Å². The highest BCUT2D eigenvalue weighted by atomic mass is 33.1. The van der Waals surface area contributed by atoms with Crippen molar-refractivity contribution >= 4 is 33.5 Å². The van der Waals surface area contributed by atoms with Crippen LogP contribution in [0.1, 0.15) is 39.5 Å². The zero-order valence-electron chi connectivity index (χ0n) is 21.2. The molecule has 0 fully saturated rings. The maximum absolute atomic E-state index is 12.3. The van der Waals surface area contributed by atoms with Gasteiger partial charge in [-0.25, -0.2) is 28.1 Å². The Bertz CT molecular complexity index is 934. The lowest BCUT2D eigenvalue weighted by Gasteiger charge is -2.16. The third-order valence-electron chi connectivity index (χ3n) is 4.74. The van der Waals surface area contributed by atoms with Crippen LogP contribution < -0.4 is 17.1 Å². The molecule has 1 aromatic heterocycles. The average molecular weight is 552 g/mol. The van der Waals surface area contributed by atoms with Crippen molar-refractivity contribution in [2.24, 2.45) is 0 Å². The second-order valence-corrected chi connectivity index (χ2v) is 10.1. The van der Waals surface area contributed by atoms with E-state index in [1.807, 2.05) is 0 Å². The van der Waals surface area contributed by atoms with Crippen LogP contribution in [0.5, 0.6) is 0 Å². The van der Waals surface area contributed by atoms with Crippen molar-refractivity contribution in [2.45, 2.75) is 71.4 Å². The van der Waals surface area contributed by atoms with Gasteiger partial charge in [-0.05, 0) is 12.8 Å². The van der Waals surface area contributed by atoms with E-state index in [1.54, 1.807) is 35.4 Å². The van der Waals surface area contributed by atoms with Crippen molar-refractivity contribution < 1.29 is 29.3 Å². The fourth-order valence-corrected chi connectivity index (χ4v) is 4.47. The number of carbonyl (C=O) groups excluding carboxylic acids is 2. The zero-order chi connectivity index (χ0) is 27.7. The van der Waals surface area contributed by atoms with Gasteiger partial charge in [0.15, 0.2) is 0 Å². The molecule has 0 saturated heterocycles. The second kappa shape index (κ2) is 18.9. The third kappa shape index (κ3) is 12.1. The summed E-state index contributed by atoms with van der Waals surface area (Å²) >= 11 is 0. The van der Waals surface area contributed by atoms with E-state index in [0.717, 1.165) is 13.7 Å². The standard InChI is InChI=1S/C14H23N3O5.C8H14O4S2/c1-4-7-15-12(20)16(8-10(18)5-2)14(22)17(13(15)21)9-11(19)6-3;1-11-7(9)3-5-13-14-6-4-8(10)12-2/h4,10-11,18-19H,1,5-9H2,2-3H3;3-6H2,1-2H3. The first-order valence-electron chi connectivity index (χ1n) is 11.4. The Balaban J connectivity index is 0.000000757. The van der Waals surface area contributed by atoms with Gasteiger partial charge in [-0.3, -0.25) is 9.59 Å². The van der Waals surface area contributed by atoms with Gasteiger partial charge in [-0.15, -0.1) is 6.58 Å². The van der Waals surface area contributed by atoms with Gasteiger partial charge in [0, 0.05) is 11.5 Å². The van der Waals surface area contributed by atoms with Crippen molar-refractivity contribution in [1.29, 1.82) is 0 Å². The quantitative estimate of drug-likeness (QED) is 0.134. The molecule has 0 saturated carbocycles. The smallest absolute Gasteiger partial charge is 0.336 e. The highest BCUT2D eigenvalue weighted by molar-refractivity contribution is 8.76. The lowest BCUT2D eigenvalue weighted by atomic mass is 10.3. The Morgan fingerprint density at radius 1 is 0.833 bits per heavy atom. The van der Waals surface area contributed by atoms with Gasteiger partial charge in [-0.1, -0.05) is 41.5 Å². The van der Waals surface area contributed by atoms with E-state index in [4.69, 9.17) is 0 Å². The van der Waals surface area contributed by atoms with Crippen LogP contribution in [0.2, 0.25) is 0 Å². The van der Waals surface area contributed by atoms with Crippen LogP contribution in [0.25, 0.3) is 0 Å². The summed E-state index contributed by atoms with van der Waals surface area (Å²) in [7, 11) is 5.86. The van der Waals surface area contributed by atoms with Crippen LogP contribution in [0.15, 0.2) is 27.0 Å². The lowest BCUT2D eigenvalue weighted by Crippen LogP contribution is -2.56. The predicted octanol–water partition coefficient (Wildman–Crippen LogP) is 0.394. The first-order chi connectivity index (χ1) is 17.1. The van der Waals surface area contributed by atoms with Crippen LogP contribution >= 0.6 is 21.6 Å². The van der Waals surface area contributed by atoms with Gasteiger partial charge in [0.05, 0.1) is 58.9 Å². The maximum atomic E-state index is 12.3. The van der Waals surface area contributed by atoms with Gasteiger partial charge in [0.1, 0.15) is 0 Å². The van der Waals surface area contributed by atoms with E-state index in [-0.39, 0.29) is 31.6 Å². The molecule has 0 aliphatic rings. The lowest BCUT2D eigenvalue weighted by molar-refractivity contribution is -0.141. The third-order valence-corrected chi connectivity index (χ3v) is 7.15. The SMILES string of the molecule is C=CCn1c(=O)n(CC(O)CC)c(=O)n(CC(O)CC)c1=O.COC(=O)CCSSCCC(=O)OC. The topological polar surface area (TPSA) is 159 Å². The number of esters is 2. The minimum Gasteiger partial charge on any atom is -0.469 e. The summed E-state index contributed by atoms with van der Waals surface area (Å²) in [4.78, 5) is 58.2. The number of nitrogens with zero attached hydrogens (tertiary/aromatic N) is 3. The molecule has 0 amide bonds. The van der Waals surface area contributed by atoms with Crippen molar-refractivity contribution in [2.75, 3.05) is 25.7 Å². The van der Waals surface area contributed by atoms with Crippen LogP contribution in [0.4, 0.5) is 0 Å². The molecule has 1 rings (SSSR count). The van der Waals surface area contributed by atoms with E-state index in [1.165, 1.54) is 20.3 Å². The highest BCUT2D eigenvalue weighted by Gasteiger charge is 2.18. The molecule has 0 aliphatic carbocycles. The monoisotopic (exact) mass is 551 g/mol. The zero-order valence-corrected chi connectivity index (χ0v) is 22.8. The molecule has 36 heavy (non-hydrogen) atoms. The van der Waals surface area contributed by atoms with Crippen LogP contribution in [-0.4, -0.2) is 73.8 Å². The Morgan fingerprint density at radius 2 is 1.19 bits per heavy atom. The molecule has 0 radical (unpaired) electrons. The number of hydrogen-bond donors (Lipinski definition) is 2. The number of rotatable bonds is 15. The highest BCUT2D eigenvalue weighted by Crippen LogP contribution is 2.22. The van der Waals surface area contributed by atoms with Crippen LogP contribution in [0.3, 0.4) is 0 Å². The molecule has 12 nitrogen and oxygen atoms in total. The molecule has 2 N–H and O–H groups in total. The molecule has 0 spiro atoms. The molecular weight excluding hydrogens is 514 g/mol. The Labute approximate surface area is 217 Å². The predicted molar refractivity (Wildman–Crippen MR) is 140 cm³/mol. The number of aromatic nitrogens is 3. The van der Waals surface area contributed by atoms with Gasteiger partial charge < -0.3 is 19.7 Å². The number of allylic oxidation sites excluding steroid dienone is 1. The molecule has 2 unspecified atom stereocenters. The van der Waals surface area contributed by atoms with Gasteiger partial charge in [-0.2, -0.15) is 0 Å². The Kier molecular flexibility index (Phi) is 17.7. The Morgan fingerprint density at radius 3 is 1.50 bits per heavy atom. The van der Waals surface area contributed by atoms with Crippen LogP contribution in [0, 0.1) is 0 Å². The number of aliphatic hydroxyl groups is 2. The molecule has 206 valence electrons. The molecule has 1 aromatic rings. The molecule has 0 bridgehead atoms. The number of methoxy groups -OCH3 is 2. The molecule has 2 atom stereocenters. The molecule has 14 heteroatoms. The maximum Gasteiger partial charge on any atom is 0.336 e. The minimum absolute atomic E-state index is 0.0532. The fraction of sp³-hybridized carbons (Fsp3) is 0.682. The number of aliphatic hydroxyl groups excluding tert-OH is 2. The second-order valence-electron chi connectivity index (χ2n) is 7.39. The summed E-state index contributed by atoms with van der Waals surface area (Å²) in [5.74, 6) is 1.01. The summed E-state index contributed by atoms with van der Waals surface area (Å²) < 4.78 is 11.5. The van der Waals surface area contributed by atoms with Crippen molar-refractivity contribution in [1.82, 2.24) is 13.7 Å². The van der Waals surface area contributed by atoms with Crippen molar-refractivity contribution in [3.8, 4) is 0 Å². The summed E-state index contributed by atoms with van der Waals surface area (Å²) in [6.45, 7) is 6.46. The largest absolute Gasteiger partial charge is 0.469 e. The summed E-state index contributed by atoms with van der Waals surface area (Å²) in [5.41, 5.74) is -2.40. The molecule has 0 aliphatic heterocycles. The van der Waals surface area contributed by atoms with Crippen molar-refractivity contribution in [3.05, 3.63) is 44.1 Å². The molecule has 0 aromatic carbocycles. The van der Waals surface area contributed by atoms with E-state index >= 15 is 0 Å². The summed E-state index contributed by atoms with van der Waals surface area (Å²) in [6.07, 6.45) is 1.18. The average Bonchev–Trinajstić information content (AvgIpc) is 2.88. The van der Waals surface area contributed by atoms with E-state index in [2.05, 4.69) is 16.1 Å². The normalized spacial score (nSPS) is 12.2. The number of carbonyl (C=O) groups is 2. The fourth-order valence-electron chi connectivity index (χ4n) is 2.53.